The maximum Gasteiger partial charge on any atom is 0.220 e. The highest BCUT2D eigenvalue weighted by Gasteiger charge is 2.39. The third-order valence-electron chi connectivity index (χ3n) is 6.11. The zero-order valence-corrected chi connectivity index (χ0v) is 16.6. The third kappa shape index (κ3) is 4.86. The lowest BCUT2D eigenvalue weighted by atomic mass is 9.67. The molecule has 26 heavy (non-hydrogen) atoms. The number of aryl methyl sites for hydroxylation is 2. The van der Waals surface area contributed by atoms with Crippen LogP contribution in [0.2, 0.25) is 0 Å². The lowest BCUT2D eigenvalue weighted by Gasteiger charge is -2.45. The van der Waals surface area contributed by atoms with Gasteiger partial charge in [-0.25, -0.2) is 0 Å². The van der Waals surface area contributed by atoms with Crippen molar-refractivity contribution in [3.63, 3.8) is 0 Å². The zero-order valence-electron chi connectivity index (χ0n) is 15.8. The monoisotopic (exact) mass is 378 g/mol. The van der Waals surface area contributed by atoms with Gasteiger partial charge in [-0.15, -0.1) is 12.4 Å². The van der Waals surface area contributed by atoms with Crippen LogP contribution in [0.1, 0.15) is 66.4 Å². The number of nitrogens with two attached hydrogens (primary N) is 1. The topological polar surface area (TPSA) is 72.2 Å². The molecule has 2 aliphatic carbocycles. The van der Waals surface area contributed by atoms with Crippen molar-refractivity contribution in [1.29, 1.82) is 0 Å². The minimum Gasteiger partial charge on any atom is -0.353 e. The van der Waals surface area contributed by atoms with Gasteiger partial charge in [0.05, 0.1) is 0 Å². The second-order valence-electron chi connectivity index (χ2n) is 8.00. The first kappa shape index (κ1) is 20.9. The summed E-state index contributed by atoms with van der Waals surface area (Å²) in [5.74, 6) is 1.09. The molecule has 3 N–H and O–H groups in total. The molecule has 1 amide bonds. The van der Waals surface area contributed by atoms with Crippen LogP contribution in [0.4, 0.5) is 0 Å². The molecule has 2 unspecified atom stereocenters. The quantitative estimate of drug-likeness (QED) is 0.767. The SMILES string of the molecule is Cc1ccc(C(=O)CCC(=O)NC2C3CCCC2CC(N)C3)cc1C.Cl. The van der Waals surface area contributed by atoms with E-state index in [1.165, 1.54) is 12.0 Å². The van der Waals surface area contributed by atoms with E-state index in [4.69, 9.17) is 5.73 Å². The van der Waals surface area contributed by atoms with Gasteiger partial charge in [0.15, 0.2) is 5.78 Å². The van der Waals surface area contributed by atoms with Crippen LogP contribution < -0.4 is 11.1 Å². The summed E-state index contributed by atoms with van der Waals surface area (Å²) in [6.45, 7) is 4.04. The summed E-state index contributed by atoms with van der Waals surface area (Å²) < 4.78 is 0. The number of fused-ring (bicyclic) bond motifs is 2. The van der Waals surface area contributed by atoms with Gasteiger partial charge in [0, 0.05) is 30.5 Å². The Morgan fingerprint density at radius 1 is 1.08 bits per heavy atom. The van der Waals surface area contributed by atoms with Gasteiger partial charge in [-0.05, 0) is 68.6 Å². The molecule has 2 atom stereocenters. The molecule has 144 valence electrons. The van der Waals surface area contributed by atoms with Crippen LogP contribution in [-0.2, 0) is 4.79 Å². The maximum atomic E-state index is 12.4. The molecule has 2 saturated carbocycles. The number of rotatable bonds is 5. The number of amides is 1. The van der Waals surface area contributed by atoms with Crippen molar-refractivity contribution in [2.75, 3.05) is 0 Å². The predicted molar refractivity (Wildman–Crippen MR) is 107 cm³/mol. The van der Waals surface area contributed by atoms with Crippen LogP contribution in [0.15, 0.2) is 18.2 Å². The van der Waals surface area contributed by atoms with Gasteiger partial charge >= 0.3 is 0 Å². The Bertz CT molecular complexity index is 647. The fraction of sp³-hybridized carbons (Fsp3) is 0.619. The Balaban J connectivity index is 0.00000243. The Labute approximate surface area is 162 Å². The van der Waals surface area contributed by atoms with E-state index >= 15 is 0 Å². The van der Waals surface area contributed by atoms with Gasteiger partial charge in [-0.2, -0.15) is 0 Å². The fourth-order valence-corrected chi connectivity index (χ4v) is 4.57. The number of hydrogen-bond donors (Lipinski definition) is 2. The molecular formula is C21H31ClN2O2. The van der Waals surface area contributed by atoms with Crippen LogP contribution in [0.25, 0.3) is 0 Å². The Morgan fingerprint density at radius 3 is 2.35 bits per heavy atom. The van der Waals surface area contributed by atoms with Gasteiger partial charge < -0.3 is 11.1 Å². The molecule has 2 fully saturated rings. The normalized spacial score (nSPS) is 27.3. The smallest absolute Gasteiger partial charge is 0.220 e. The van der Waals surface area contributed by atoms with Crippen molar-refractivity contribution in [1.82, 2.24) is 5.32 Å². The van der Waals surface area contributed by atoms with E-state index in [0.29, 0.717) is 17.4 Å². The van der Waals surface area contributed by atoms with Crippen LogP contribution in [0, 0.1) is 25.7 Å². The second kappa shape index (κ2) is 9.01. The average molecular weight is 379 g/mol. The molecule has 4 nitrogen and oxygen atoms in total. The average Bonchev–Trinajstić information content (AvgIpc) is 2.56. The molecule has 0 aliphatic heterocycles. The number of nitrogens with one attached hydrogen (secondary N) is 1. The standard InChI is InChI=1S/C21H30N2O2.ClH/c1-13-6-7-15(10-14(13)2)19(24)8-9-20(25)23-21-16-4-3-5-17(21)12-18(22)11-16;/h6-7,10,16-18,21H,3-5,8-9,11-12,22H2,1-2H3,(H,23,25);1H. The summed E-state index contributed by atoms with van der Waals surface area (Å²) in [4.78, 5) is 24.7. The van der Waals surface area contributed by atoms with Crippen molar-refractivity contribution in [2.24, 2.45) is 17.6 Å². The fourth-order valence-electron chi connectivity index (χ4n) is 4.57. The van der Waals surface area contributed by atoms with E-state index in [1.54, 1.807) is 0 Å². The van der Waals surface area contributed by atoms with Crippen molar-refractivity contribution in [2.45, 2.75) is 70.9 Å². The maximum absolute atomic E-state index is 12.4. The van der Waals surface area contributed by atoms with Crippen LogP contribution in [-0.4, -0.2) is 23.8 Å². The summed E-state index contributed by atoms with van der Waals surface area (Å²) in [5, 5.41) is 3.22. The molecule has 0 spiro atoms. The van der Waals surface area contributed by atoms with E-state index in [-0.39, 0.29) is 49.0 Å². The van der Waals surface area contributed by atoms with Gasteiger partial charge in [0.1, 0.15) is 0 Å². The van der Waals surface area contributed by atoms with Gasteiger partial charge in [-0.1, -0.05) is 18.6 Å². The van der Waals surface area contributed by atoms with E-state index < -0.39 is 0 Å². The molecule has 2 aliphatic rings. The Hall–Kier alpha value is -1.39. The summed E-state index contributed by atoms with van der Waals surface area (Å²) in [6, 6.07) is 6.29. The first-order chi connectivity index (χ1) is 11.9. The van der Waals surface area contributed by atoms with Crippen molar-refractivity contribution in [3.8, 4) is 0 Å². The van der Waals surface area contributed by atoms with Gasteiger partial charge in [-0.3, -0.25) is 9.59 Å². The van der Waals surface area contributed by atoms with E-state index in [9.17, 15) is 9.59 Å². The molecule has 0 heterocycles. The first-order valence-electron chi connectivity index (χ1n) is 9.59. The molecule has 0 radical (unpaired) electrons. The summed E-state index contributed by atoms with van der Waals surface area (Å²) >= 11 is 0. The van der Waals surface area contributed by atoms with Gasteiger partial charge in [0.2, 0.25) is 5.91 Å². The molecular weight excluding hydrogens is 348 g/mol. The highest BCUT2D eigenvalue weighted by Crippen LogP contribution is 2.39. The Kier molecular flexibility index (Phi) is 7.24. The number of ketones is 1. The minimum atomic E-state index is 0. The largest absolute Gasteiger partial charge is 0.353 e. The molecule has 5 heteroatoms. The van der Waals surface area contributed by atoms with Crippen LogP contribution in [0.5, 0.6) is 0 Å². The predicted octanol–water partition coefficient (Wildman–Crippen LogP) is 3.71. The molecule has 0 aromatic heterocycles. The molecule has 2 bridgehead atoms. The van der Waals surface area contributed by atoms with Gasteiger partial charge in [0.25, 0.3) is 0 Å². The first-order valence-corrected chi connectivity index (χ1v) is 9.59. The molecule has 3 rings (SSSR count). The summed E-state index contributed by atoms with van der Waals surface area (Å²) in [7, 11) is 0. The number of benzene rings is 1. The molecule has 0 saturated heterocycles. The van der Waals surface area contributed by atoms with Crippen molar-refractivity contribution < 1.29 is 9.59 Å². The zero-order chi connectivity index (χ0) is 18.0. The molecule has 1 aromatic carbocycles. The lowest BCUT2D eigenvalue weighted by molar-refractivity contribution is -0.123. The van der Waals surface area contributed by atoms with Crippen LogP contribution in [0.3, 0.4) is 0 Å². The Morgan fingerprint density at radius 2 is 1.73 bits per heavy atom. The lowest BCUT2D eigenvalue weighted by Crippen LogP contribution is -2.53. The van der Waals surface area contributed by atoms with Crippen molar-refractivity contribution in [3.05, 3.63) is 34.9 Å². The van der Waals surface area contributed by atoms with E-state index in [1.807, 2.05) is 32.0 Å². The number of carbonyl (C=O) groups is 2. The second-order valence-corrected chi connectivity index (χ2v) is 8.00. The van der Waals surface area contributed by atoms with E-state index in [2.05, 4.69) is 5.32 Å². The highest BCUT2D eigenvalue weighted by molar-refractivity contribution is 5.98. The highest BCUT2D eigenvalue weighted by atomic mass is 35.5. The summed E-state index contributed by atoms with van der Waals surface area (Å²) in [5.41, 5.74) is 9.14. The number of halogens is 1. The van der Waals surface area contributed by atoms with E-state index in [0.717, 1.165) is 31.2 Å². The number of carbonyl (C=O) groups excluding carboxylic acids is 2. The number of hydrogen-bond acceptors (Lipinski definition) is 3. The number of Topliss-reactive ketones (excluding diaryl/α,β-unsaturated/α-hetero) is 1. The summed E-state index contributed by atoms with van der Waals surface area (Å²) in [6.07, 6.45) is 6.16. The van der Waals surface area contributed by atoms with Crippen molar-refractivity contribution >= 4 is 24.1 Å². The third-order valence-corrected chi connectivity index (χ3v) is 6.11. The minimum absolute atomic E-state index is 0. The molecule has 1 aromatic rings. The van der Waals surface area contributed by atoms with Crippen LogP contribution >= 0.6 is 12.4 Å².